The van der Waals surface area contributed by atoms with Gasteiger partial charge in [0.2, 0.25) is 0 Å². The van der Waals surface area contributed by atoms with Crippen LogP contribution < -0.4 is 0 Å². The van der Waals surface area contributed by atoms with Crippen LogP contribution in [-0.2, 0) is 4.79 Å². The van der Waals surface area contributed by atoms with Crippen molar-refractivity contribution in [3.63, 3.8) is 0 Å². The maximum atomic E-state index is 11.7. The van der Waals surface area contributed by atoms with Crippen LogP contribution in [0.25, 0.3) is 0 Å². The van der Waals surface area contributed by atoms with Crippen LogP contribution in [0.2, 0.25) is 0 Å². The van der Waals surface area contributed by atoms with Crippen molar-refractivity contribution in [2.75, 3.05) is 0 Å². The van der Waals surface area contributed by atoms with Crippen molar-refractivity contribution in [3.8, 4) is 0 Å². The van der Waals surface area contributed by atoms with Crippen molar-refractivity contribution in [2.24, 2.45) is 17.8 Å². The largest absolute Gasteiger partial charge is 0.294 e. The van der Waals surface area contributed by atoms with Crippen LogP contribution in [-0.4, -0.2) is 5.78 Å². The van der Waals surface area contributed by atoms with E-state index in [1.54, 1.807) is 0 Å². The molecule has 3 atom stereocenters. The second-order valence-electron chi connectivity index (χ2n) is 4.49. The molecule has 3 rings (SSSR count). The second kappa shape index (κ2) is 3.75. The monoisotopic (exact) mass is 209 g/mol. The van der Waals surface area contributed by atoms with Crippen molar-refractivity contribution >= 4 is 5.78 Å². The van der Waals surface area contributed by atoms with Gasteiger partial charge in [0, 0.05) is 18.4 Å². The van der Waals surface area contributed by atoms with Crippen molar-refractivity contribution in [3.05, 3.63) is 60.3 Å². The Balaban J connectivity index is 2.04. The molecule has 0 aromatic carbocycles. The average Bonchev–Trinajstić information content (AvgIpc) is 2.44. The van der Waals surface area contributed by atoms with Gasteiger partial charge in [-0.2, -0.15) is 0 Å². The van der Waals surface area contributed by atoms with Gasteiger partial charge in [-0.1, -0.05) is 48.6 Å². The van der Waals surface area contributed by atoms with Crippen LogP contribution in [0.5, 0.6) is 0 Å². The van der Waals surface area contributed by atoms with Crippen LogP contribution in [0.4, 0.5) is 0 Å². The topological polar surface area (TPSA) is 17.1 Å². The molecule has 0 aromatic rings. The molecule has 3 aliphatic carbocycles. The zero-order valence-electron chi connectivity index (χ0n) is 8.97. The molecule has 79 valence electrons. The summed E-state index contributed by atoms with van der Waals surface area (Å²) in [5, 5.41) is 0. The van der Waals surface area contributed by atoms with Crippen LogP contribution in [0.1, 0.15) is 6.42 Å². The molecule has 3 unspecified atom stereocenters. The summed E-state index contributed by atoms with van der Waals surface area (Å²) in [7, 11) is 0. The summed E-state index contributed by atoms with van der Waals surface area (Å²) < 4.78 is 0. The lowest BCUT2D eigenvalue weighted by molar-refractivity contribution is -0.115. The molecule has 0 N–H and O–H groups in total. The number of Topliss-reactive ketones (excluding diaryl/α,β-unsaturated/α-hetero) is 1. The van der Waals surface area contributed by atoms with Gasteiger partial charge in [0.15, 0.2) is 5.78 Å². The molecule has 1 radical (unpaired) electrons. The third-order valence-corrected chi connectivity index (χ3v) is 3.48. The van der Waals surface area contributed by atoms with Crippen LogP contribution in [0, 0.1) is 23.8 Å². The Hall–Kier alpha value is -1.63. The number of carbonyl (C=O) groups excluding carboxylic acids is 1. The molecule has 1 heteroatoms. The first-order valence-corrected chi connectivity index (χ1v) is 5.71. The third-order valence-electron chi connectivity index (χ3n) is 3.48. The smallest absolute Gasteiger partial charge is 0.164 e. The average molecular weight is 209 g/mol. The Morgan fingerprint density at radius 2 is 1.88 bits per heavy atom. The predicted molar refractivity (Wildman–Crippen MR) is 63.4 cm³/mol. The van der Waals surface area contributed by atoms with E-state index in [2.05, 4.69) is 36.5 Å². The molecule has 1 nitrogen and oxygen atoms in total. The highest BCUT2D eigenvalue weighted by atomic mass is 16.1. The normalized spacial score (nSPS) is 35.4. The Bertz CT molecular complexity index is 460. The fraction of sp³-hybridized carbons (Fsp3) is 0.267. The minimum absolute atomic E-state index is 0.132. The Labute approximate surface area is 95.5 Å². The van der Waals surface area contributed by atoms with Gasteiger partial charge >= 0.3 is 0 Å². The summed E-state index contributed by atoms with van der Waals surface area (Å²) in [6.45, 7) is 0. The maximum Gasteiger partial charge on any atom is 0.164 e. The second-order valence-corrected chi connectivity index (χ2v) is 4.49. The fourth-order valence-electron chi connectivity index (χ4n) is 2.71. The first kappa shape index (κ1) is 9.59. The molecule has 0 spiro atoms. The van der Waals surface area contributed by atoms with Crippen molar-refractivity contribution in [1.82, 2.24) is 0 Å². The molecular formula is C15H13O. The van der Waals surface area contributed by atoms with E-state index in [9.17, 15) is 4.79 Å². The molecule has 0 aliphatic heterocycles. The zero-order valence-corrected chi connectivity index (χ0v) is 8.97. The summed E-state index contributed by atoms with van der Waals surface area (Å²) >= 11 is 0. The van der Waals surface area contributed by atoms with Gasteiger partial charge in [-0.15, -0.1) is 0 Å². The number of hydrogen-bond donors (Lipinski definition) is 0. The summed E-state index contributed by atoms with van der Waals surface area (Å²) in [6.07, 6.45) is 20.3. The SMILES string of the molecule is O=C1[C]=C2C=CC=CC2C2C=CC=CC2C1. The minimum Gasteiger partial charge on any atom is -0.294 e. The molecule has 0 saturated carbocycles. The lowest BCUT2D eigenvalue weighted by atomic mass is 9.75. The molecule has 3 aliphatic rings. The van der Waals surface area contributed by atoms with E-state index in [0.717, 1.165) is 5.57 Å². The number of carbonyl (C=O) groups is 1. The third kappa shape index (κ3) is 1.53. The van der Waals surface area contributed by atoms with Crippen LogP contribution in [0.3, 0.4) is 0 Å². The highest BCUT2D eigenvalue weighted by Gasteiger charge is 2.32. The molecule has 0 saturated heterocycles. The Morgan fingerprint density at radius 1 is 1.06 bits per heavy atom. The first-order valence-electron chi connectivity index (χ1n) is 5.71. The summed E-state index contributed by atoms with van der Waals surface area (Å²) in [6, 6.07) is 0. The molecule has 16 heavy (non-hydrogen) atoms. The van der Waals surface area contributed by atoms with E-state index in [-0.39, 0.29) is 5.78 Å². The molecule has 0 bridgehead atoms. The highest BCUT2D eigenvalue weighted by Crippen LogP contribution is 2.38. The number of fused-ring (bicyclic) bond motifs is 3. The van der Waals surface area contributed by atoms with Crippen molar-refractivity contribution in [1.29, 1.82) is 0 Å². The van der Waals surface area contributed by atoms with Crippen molar-refractivity contribution < 1.29 is 4.79 Å². The van der Waals surface area contributed by atoms with Crippen LogP contribution >= 0.6 is 0 Å². The quantitative estimate of drug-likeness (QED) is 0.599. The lowest BCUT2D eigenvalue weighted by Gasteiger charge is -2.29. The van der Waals surface area contributed by atoms with Gasteiger partial charge in [0.25, 0.3) is 0 Å². The number of allylic oxidation sites excluding steroid dienone is 10. The summed E-state index contributed by atoms with van der Waals surface area (Å²) in [4.78, 5) is 11.7. The number of ketones is 1. The summed E-state index contributed by atoms with van der Waals surface area (Å²) in [5.74, 6) is 1.21. The van der Waals surface area contributed by atoms with Gasteiger partial charge in [0.1, 0.15) is 0 Å². The predicted octanol–water partition coefficient (Wildman–Crippen LogP) is 2.79. The number of hydrogen-bond acceptors (Lipinski definition) is 1. The molecule has 0 amide bonds. The summed E-state index contributed by atoms with van der Waals surface area (Å²) in [5.41, 5.74) is 1.04. The number of rotatable bonds is 0. The van der Waals surface area contributed by atoms with Crippen molar-refractivity contribution in [2.45, 2.75) is 6.42 Å². The molecule has 0 aromatic heterocycles. The van der Waals surface area contributed by atoms with Gasteiger partial charge in [-0.3, -0.25) is 4.79 Å². The Morgan fingerprint density at radius 3 is 2.81 bits per heavy atom. The van der Waals surface area contributed by atoms with Gasteiger partial charge in [-0.25, -0.2) is 0 Å². The minimum atomic E-state index is 0.132. The highest BCUT2D eigenvalue weighted by molar-refractivity contribution is 5.88. The van der Waals surface area contributed by atoms with E-state index >= 15 is 0 Å². The van der Waals surface area contributed by atoms with Gasteiger partial charge in [-0.05, 0) is 17.4 Å². The first-order chi connectivity index (χ1) is 7.84. The molecule has 0 fully saturated rings. The van der Waals surface area contributed by atoms with Crippen LogP contribution in [0.15, 0.2) is 54.2 Å². The fourth-order valence-corrected chi connectivity index (χ4v) is 2.71. The van der Waals surface area contributed by atoms with E-state index in [0.29, 0.717) is 24.2 Å². The zero-order chi connectivity index (χ0) is 11.0. The van der Waals surface area contributed by atoms with Gasteiger partial charge in [0.05, 0.1) is 0 Å². The Kier molecular flexibility index (Phi) is 2.24. The van der Waals surface area contributed by atoms with E-state index in [4.69, 9.17) is 0 Å². The van der Waals surface area contributed by atoms with E-state index in [1.807, 2.05) is 18.2 Å². The maximum absolute atomic E-state index is 11.7. The van der Waals surface area contributed by atoms with Gasteiger partial charge < -0.3 is 0 Å². The lowest BCUT2D eigenvalue weighted by Crippen LogP contribution is -2.21. The van der Waals surface area contributed by atoms with E-state index in [1.165, 1.54) is 0 Å². The van der Waals surface area contributed by atoms with E-state index < -0.39 is 0 Å². The standard InChI is InChI=1S/C15H13O/c16-13-9-11-5-1-3-7-14(11)15-8-4-2-6-12(15)10-13/h1-8,11,14-15H,9H2. The molecular weight excluding hydrogens is 196 g/mol. The molecule has 0 heterocycles.